The number of nitrogens with zero attached hydrogens (tertiary/aromatic N) is 1. The first kappa shape index (κ1) is 28.4. The molecular weight excluding hydrogens is 546 g/mol. The fourth-order valence-electron chi connectivity index (χ4n) is 3.90. The summed E-state index contributed by atoms with van der Waals surface area (Å²) in [5.74, 6) is 0.194. The quantitative estimate of drug-likeness (QED) is 0.376. The van der Waals surface area contributed by atoms with E-state index in [2.05, 4.69) is 10.0 Å². The van der Waals surface area contributed by atoms with Gasteiger partial charge in [-0.3, -0.25) is 9.52 Å². The standard InChI is InChI=1S/C26H29N3O8S2/c1-35-22-9-12-25(36-2)24(17-22)28-39(33,34)23-10-7-21(8-11-23)27-26(30)20-5-3-19(4-6-20)18-38(31,32)29-13-15-37-16-14-29/h3-12,17,28H,13-16,18H2,1-2H3,(H,27,30). The molecule has 1 aliphatic rings. The maximum absolute atomic E-state index is 12.9. The Kier molecular flexibility index (Phi) is 8.75. The first-order chi connectivity index (χ1) is 18.6. The number of amides is 1. The number of hydrogen-bond acceptors (Lipinski definition) is 8. The number of sulfonamides is 2. The molecule has 3 aromatic carbocycles. The average molecular weight is 576 g/mol. The maximum atomic E-state index is 12.9. The molecule has 0 bridgehead atoms. The van der Waals surface area contributed by atoms with Gasteiger partial charge >= 0.3 is 0 Å². The third-order valence-corrected chi connectivity index (χ3v) is 9.23. The molecule has 39 heavy (non-hydrogen) atoms. The first-order valence-electron chi connectivity index (χ1n) is 11.9. The Labute approximate surface area is 227 Å². The number of rotatable bonds is 10. The second kappa shape index (κ2) is 12.0. The van der Waals surface area contributed by atoms with Gasteiger partial charge in [-0.05, 0) is 54.1 Å². The summed E-state index contributed by atoms with van der Waals surface area (Å²) >= 11 is 0. The molecule has 4 rings (SSSR count). The van der Waals surface area contributed by atoms with E-state index in [1.807, 2.05) is 0 Å². The van der Waals surface area contributed by atoms with Gasteiger partial charge in [0, 0.05) is 30.4 Å². The van der Waals surface area contributed by atoms with Gasteiger partial charge in [-0.1, -0.05) is 12.1 Å². The summed E-state index contributed by atoms with van der Waals surface area (Å²) in [5.41, 5.74) is 1.49. The highest BCUT2D eigenvalue weighted by Crippen LogP contribution is 2.31. The monoisotopic (exact) mass is 575 g/mol. The lowest BCUT2D eigenvalue weighted by Gasteiger charge is -2.26. The number of benzene rings is 3. The van der Waals surface area contributed by atoms with E-state index in [0.29, 0.717) is 54.6 Å². The Morgan fingerprint density at radius 3 is 2.18 bits per heavy atom. The molecule has 3 aromatic rings. The summed E-state index contributed by atoms with van der Waals surface area (Å²) in [6, 6.07) is 16.7. The molecule has 0 atom stereocenters. The average Bonchev–Trinajstić information content (AvgIpc) is 2.93. The van der Waals surface area contributed by atoms with E-state index >= 15 is 0 Å². The van der Waals surface area contributed by atoms with E-state index in [9.17, 15) is 21.6 Å². The summed E-state index contributed by atoms with van der Waals surface area (Å²) in [4.78, 5) is 12.7. The van der Waals surface area contributed by atoms with Crippen molar-refractivity contribution < 1.29 is 35.8 Å². The minimum Gasteiger partial charge on any atom is -0.497 e. The van der Waals surface area contributed by atoms with Crippen molar-refractivity contribution in [3.8, 4) is 11.5 Å². The van der Waals surface area contributed by atoms with Gasteiger partial charge in [0.25, 0.3) is 15.9 Å². The lowest BCUT2D eigenvalue weighted by Crippen LogP contribution is -2.41. The van der Waals surface area contributed by atoms with Gasteiger partial charge in [0.05, 0.1) is 43.8 Å². The second-order valence-electron chi connectivity index (χ2n) is 8.61. The van der Waals surface area contributed by atoms with Gasteiger partial charge in [0.1, 0.15) is 11.5 Å². The zero-order valence-corrected chi connectivity index (χ0v) is 23.0. The Morgan fingerprint density at radius 1 is 0.897 bits per heavy atom. The van der Waals surface area contributed by atoms with E-state index in [-0.39, 0.29) is 16.3 Å². The molecule has 2 N–H and O–H groups in total. The minimum atomic E-state index is -3.95. The van der Waals surface area contributed by atoms with Crippen LogP contribution in [0.1, 0.15) is 15.9 Å². The first-order valence-corrected chi connectivity index (χ1v) is 15.0. The Balaban J connectivity index is 1.39. The van der Waals surface area contributed by atoms with Crippen LogP contribution >= 0.6 is 0 Å². The van der Waals surface area contributed by atoms with Crippen LogP contribution in [0.4, 0.5) is 11.4 Å². The molecule has 1 saturated heterocycles. The Morgan fingerprint density at radius 2 is 1.56 bits per heavy atom. The molecular formula is C26H29N3O8S2. The molecule has 0 radical (unpaired) electrons. The predicted octanol–water partition coefficient (Wildman–Crippen LogP) is 2.92. The number of nitrogens with one attached hydrogen (secondary N) is 2. The Hall–Kier alpha value is -3.65. The molecule has 1 amide bonds. The number of carbonyl (C=O) groups is 1. The summed E-state index contributed by atoms with van der Waals surface area (Å²) in [7, 11) is -4.53. The lowest BCUT2D eigenvalue weighted by molar-refractivity contribution is 0.0729. The molecule has 0 unspecified atom stereocenters. The van der Waals surface area contributed by atoms with Crippen LogP contribution in [0.3, 0.4) is 0 Å². The number of morpholine rings is 1. The van der Waals surface area contributed by atoms with E-state index in [1.54, 1.807) is 36.4 Å². The topological polar surface area (TPSA) is 140 Å². The normalized spacial score (nSPS) is 14.4. The van der Waals surface area contributed by atoms with Crippen LogP contribution < -0.4 is 19.5 Å². The van der Waals surface area contributed by atoms with Gasteiger partial charge in [-0.2, -0.15) is 4.31 Å². The molecule has 0 saturated carbocycles. The van der Waals surface area contributed by atoms with Crippen LogP contribution in [0.2, 0.25) is 0 Å². The van der Waals surface area contributed by atoms with Crippen molar-refractivity contribution in [3.05, 3.63) is 77.9 Å². The van der Waals surface area contributed by atoms with Crippen LogP contribution in [0.5, 0.6) is 11.5 Å². The van der Waals surface area contributed by atoms with E-state index in [1.165, 1.54) is 48.9 Å². The summed E-state index contributed by atoms with van der Waals surface area (Å²) < 4.78 is 70.5. The number of hydrogen-bond donors (Lipinski definition) is 2. The molecule has 1 heterocycles. The third-order valence-electron chi connectivity index (χ3n) is 6.00. The SMILES string of the molecule is COc1ccc(OC)c(NS(=O)(=O)c2ccc(NC(=O)c3ccc(CS(=O)(=O)N4CCOCC4)cc3)cc2)c1. The fourth-order valence-corrected chi connectivity index (χ4v) is 6.46. The number of ether oxygens (including phenoxy) is 3. The van der Waals surface area contributed by atoms with Crippen molar-refractivity contribution in [2.45, 2.75) is 10.6 Å². The van der Waals surface area contributed by atoms with Crippen molar-refractivity contribution in [1.29, 1.82) is 0 Å². The molecule has 208 valence electrons. The highest BCUT2D eigenvalue weighted by atomic mass is 32.2. The van der Waals surface area contributed by atoms with Crippen molar-refractivity contribution in [2.24, 2.45) is 0 Å². The highest BCUT2D eigenvalue weighted by Gasteiger charge is 2.24. The minimum absolute atomic E-state index is 0.0174. The molecule has 0 spiro atoms. The molecule has 13 heteroatoms. The molecule has 0 aliphatic carbocycles. The number of methoxy groups -OCH3 is 2. The summed E-state index contributed by atoms with van der Waals surface area (Å²) in [6.07, 6.45) is 0. The third kappa shape index (κ3) is 7.06. The lowest BCUT2D eigenvalue weighted by atomic mass is 10.1. The van der Waals surface area contributed by atoms with Crippen LogP contribution in [-0.4, -0.2) is 67.6 Å². The largest absolute Gasteiger partial charge is 0.497 e. The van der Waals surface area contributed by atoms with Gasteiger partial charge in [0.2, 0.25) is 10.0 Å². The van der Waals surface area contributed by atoms with Crippen LogP contribution in [0.25, 0.3) is 0 Å². The zero-order valence-electron chi connectivity index (χ0n) is 21.4. The van der Waals surface area contributed by atoms with E-state index in [4.69, 9.17) is 14.2 Å². The highest BCUT2D eigenvalue weighted by molar-refractivity contribution is 7.92. The summed E-state index contributed by atoms with van der Waals surface area (Å²) in [5, 5.41) is 2.71. The smallest absolute Gasteiger partial charge is 0.262 e. The molecule has 1 aliphatic heterocycles. The Bertz CT molecular complexity index is 1520. The fraction of sp³-hybridized carbons (Fsp3) is 0.269. The zero-order chi connectivity index (χ0) is 28.0. The van der Waals surface area contributed by atoms with Gasteiger partial charge < -0.3 is 19.5 Å². The van der Waals surface area contributed by atoms with Crippen molar-refractivity contribution >= 4 is 37.3 Å². The van der Waals surface area contributed by atoms with E-state index in [0.717, 1.165) is 0 Å². The van der Waals surface area contributed by atoms with Crippen molar-refractivity contribution in [3.63, 3.8) is 0 Å². The van der Waals surface area contributed by atoms with Crippen LogP contribution in [0.15, 0.2) is 71.6 Å². The van der Waals surface area contributed by atoms with Crippen molar-refractivity contribution in [1.82, 2.24) is 4.31 Å². The van der Waals surface area contributed by atoms with Crippen molar-refractivity contribution in [2.75, 3.05) is 50.6 Å². The molecule has 11 nitrogen and oxygen atoms in total. The second-order valence-corrected chi connectivity index (χ2v) is 12.3. The van der Waals surface area contributed by atoms with Gasteiger partial charge in [-0.15, -0.1) is 0 Å². The maximum Gasteiger partial charge on any atom is 0.262 e. The molecule has 0 aromatic heterocycles. The van der Waals surface area contributed by atoms with E-state index < -0.39 is 26.0 Å². The van der Waals surface area contributed by atoms with Crippen LogP contribution in [0, 0.1) is 0 Å². The van der Waals surface area contributed by atoms with Crippen LogP contribution in [-0.2, 0) is 30.5 Å². The number of carbonyl (C=O) groups excluding carboxylic acids is 1. The number of anilines is 2. The van der Waals surface area contributed by atoms with Gasteiger partial charge in [-0.25, -0.2) is 16.8 Å². The van der Waals surface area contributed by atoms with Gasteiger partial charge in [0.15, 0.2) is 0 Å². The summed E-state index contributed by atoms with van der Waals surface area (Å²) in [6.45, 7) is 1.40. The predicted molar refractivity (Wildman–Crippen MR) is 146 cm³/mol. The molecule has 1 fully saturated rings.